The highest BCUT2D eigenvalue weighted by Gasteiger charge is 2.27. The maximum Gasteiger partial charge on any atom is 0.276 e. The van der Waals surface area contributed by atoms with Crippen molar-refractivity contribution in [2.24, 2.45) is 16.8 Å². The van der Waals surface area contributed by atoms with Gasteiger partial charge in [-0.3, -0.25) is 10.0 Å². The Morgan fingerprint density at radius 1 is 1.29 bits per heavy atom. The summed E-state index contributed by atoms with van der Waals surface area (Å²) in [6.45, 7) is 12.2. The Labute approximate surface area is 177 Å². The van der Waals surface area contributed by atoms with Gasteiger partial charge in [-0.1, -0.05) is 68.8 Å². The van der Waals surface area contributed by atoms with Crippen LogP contribution in [-0.2, 0) is 4.79 Å². The van der Waals surface area contributed by atoms with Gasteiger partial charge in [-0.25, -0.2) is 10.5 Å². The number of halogens is 2. The number of nitrogens with zero attached hydrogens (tertiary/aromatic N) is 2. The standard InChI is InChI=1S/C15H25N3O2.C6H4Cl2/c1-5-7-14(18-9-11(3)12(4)10-18)16-8-13(6-2)15(19)17-20;7-5-3-1-2-4-6(5)8/h6,8,11-12,20H,2,5,7,9-10H2,1,3-4H3,(H,17,19);1-4H/b13-8+,16-14?;/t11-,12?;/m1./s1. The van der Waals surface area contributed by atoms with E-state index in [1.54, 1.807) is 17.6 Å². The third kappa shape index (κ3) is 7.66. The molecule has 1 aromatic carbocycles. The van der Waals surface area contributed by atoms with Gasteiger partial charge in [0.05, 0.1) is 15.6 Å². The predicted molar refractivity (Wildman–Crippen MR) is 117 cm³/mol. The van der Waals surface area contributed by atoms with E-state index < -0.39 is 5.91 Å². The van der Waals surface area contributed by atoms with Crippen molar-refractivity contribution in [3.8, 4) is 0 Å². The number of benzene rings is 1. The highest BCUT2D eigenvalue weighted by atomic mass is 35.5. The van der Waals surface area contributed by atoms with Crippen LogP contribution < -0.4 is 5.48 Å². The van der Waals surface area contributed by atoms with E-state index >= 15 is 0 Å². The summed E-state index contributed by atoms with van der Waals surface area (Å²) in [6.07, 6.45) is 4.73. The second kappa shape index (κ2) is 12.6. The van der Waals surface area contributed by atoms with Crippen molar-refractivity contribution in [1.29, 1.82) is 0 Å². The zero-order chi connectivity index (χ0) is 21.1. The predicted octanol–water partition coefficient (Wildman–Crippen LogP) is 5.34. The van der Waals surface area contributed by atoms with Crippen molar-refractivity contribution in [2.45, 2.75) is 33.6 Å². The maximum absolute atomic E-state index is 11.4. The van der Waals surface area contributed by atoms with Gasteiger partial charge in [0.15, 0.2) is 0 Å². The Kier molecular flexibility index (Phi) is 10.9. The highest BCUT2D eigenvalue weighted by molar-refractivity contribution is 6.41. The molecule has 5 nitrogen and oxygen atoms in total. The fourth-order valence-electron chi connectivity index (χ4n) is 2.72. The van der Waals surface area contributed by atoms with Gasteiger partial charge < -0.3 is 4.90 Å². The number of amidine groups is 1. The molecule has 0 aromatic heterocycles. The SMILES string of the molecule is C=C/C(=C\N=C(CCC)N1CC(C)[C@H](C)C1)C(=O)NO.Clc1ccccc1Cl. The highest BCUT2D eigenvalue weighted by Crippen LogP contribution is 2.23. The van der Waals surface area contributed by atoms with Crippen LogP contribution in [0, 0.1) is 11.8 Å². The van der Waals surface area contributed by atoms with Gasteiger partial charge in [0, 0.05) is 25.7 Å². The molecule has 1 aliphatic rings. The van der Waals surface area contributed by atoms with E-state index in [2.05, 4.69) is 37.2 Å². The first-order valence-corrected chi connectivity index (χ1v) is 10.1. The molecule has 1 aromatic rings. The lowest BCUT2D eigenvalue weighted by atomic mass is 10.0. The van der Waals surface area contributed by atoms with Gasteiger partial charge in [0.25, 0.3) is 5.91 Å². The second-order valence-corrected chi connectivity index (χ2v) is 7.61. The number of aliphatic imine (C=N–C) groups is 1. The summed E-state index contributed by atoms with van der Waals surface area (Å²) in [5.74, 6) is 1.71. The number of hydrogen-bond acceptors (Lipinski definition) is 3. The molecule has 1 aliphatic heterocycles. The van der Waals surface area contributed by atoms with Crippen molar-refractivity contribution in [2.75, 3.05) is 13.1 Å². The molecule has 1 saturated heterocycles. The minimum Gasteiger partial charge on any atom is -0.360 e. The molecule has 0 radical (unpaired) electrons. The van der Waals surface area contributed by atoms with E-state index in [0.29, 0.717) is 21.9 Å². The number of hydroxylamine groups is 1. The minimum absolute atomic E-state index is 0.251. The van der Waals surface area contributed by atoms with Crippen LogP contribution in [0.3, 0.4) is 0 Å². The van der Waals surface area contributed by atoms with Crippen LogP contribution in [0.25, 0.3) is 0 Å². The lowest BCUT2D eigenvalue weighted by Crippen LogP contribution is -2.28. The fraction of sp³-hybridized carbons (Fsp3) is 0.429. The number of rotatable bonds is 5. The van der Waals surface area contributed by atoms with E-state index in [0.717, 1.165) is 31.8 Å². The lowest BCUT2D eigenvalue weighted by molar-refractivity contribution is -0.124. The van der Waals surface area contributed by atoms with Crippen molar-refractivity contribution in [3.63, 3.8) is 0 Å². The summed E-state index contributed by atoms with van der Waals surface area (Å²) >= 11 is 11.2. The Morgan fingerprint density at radius 3 is 2.21 bits per heavy atom. The molecule has 0 saturated carbocycles. The van der Waals surface area contributed by atoms with Crippen LogP contribution >= 0.6 is 23.2 Å². The average molecular weight is 426 g/mol. The summed E-state index contributed by atoms with van der Waals surface area (Å²) in [6, 6.07) is 7.19. The molecular weight excluding hydrogens is 397 g/mol. The van der Waals surface area contributed by atoms with E-state index in [9.17, 15) is 4.79 Å². The molecule has 1 fully saturated rings. The molecule has 1 unspecified atom stereocenters. The Bertz CT molecular complexity index is 688. The van der Waals surface area contributed by atoms with Crippen LogP contribution in [0.4, 0.5) is 0 Å². The van der Waals surface area contributed by atoms with E-state index in [1.807, 2.05) is 12.1 Å². The largest absolute Gasteiger partial charge is 0.360 e. The molecule has 1 heterocycles. The van der Waals surface area contributed by atoms with Crippen LogP contribution in [0.15, 0.2) is 53.7 Å². The van der Waals surface area contributed by atoms with Gasteiger partial charge in [-0.05, 0) is 30.4 Å². The summed E-state index contributed by atoms with van der Waals surface area (Å²) in [5.41, 5.74) is 1.85. The van der Waals surface area contributed by atoms with Gasteiger partial charge >= 0.3 is 0 Å². The summed E-state index contributed by atoms with van der Waals surface area (Å²) < 4.78 is 0. The van der Waals surface area contributed by atoms with Crippen molar-refractivity contribution < 1.29 is 10.0 Å². The summed E-state index contributed by atoms with van der Waals surface area (Å²) in [5, 5.41) is 9.85. The first-order chi connectivity index (χ1) is 13.3. The monoisotopic (exact) mass is 425 g/mol. The number of carbonyl (C=O) groups is 1. The summed E-state index contributed by atoms with van der Waals surface area (Å²) in [7, 11) is 0. The quantitative estimate of drug-likeness (QED) is 0.167. The number of amides is 1. The molecular formula is C21H29Cl2N3O2. The van der Waals surface area contributed by atoms with Crippen molar-refractivity contribution in [1.82, 2.24) is 10.4 Å². The topological polar surface area (TPSA) is 64.9 Å². The van der Waals surface area contributed by atoms with Crippen LogP contribution in [-0.4, -0.2) is 34.9 Å². The Balaban J connectivity index is 0.000000406. The summed E-state index contributed by atoms with van der Waals surface area (Å²) in [4.78, 5) is 18.1. The second-order valence-electron chi connectivity index (χ2n) is 6.80. The lowest BCUT2D eigenvalue weighted by Gasteiger charge is -2.20. The number of nitrogens with one attached hydrogen (secondary N) is 1. The number of hydrogen-bond donors (Lipinski definition) is 2. The van der Waals surface area contributed by atoms with E-state index in [-0.39, 0.29) is 5.57 Å². The average Bonchev–Trinajstić information content (AvgIpc) is 3.02. The molecule has 2 N–H and O–H groups in total. The van der Waals surface area contributed by atoms with E-state index in [1.165, 1.54) is 12.3 Å². The molecule has 154 valence electrons. The Hall–Kier alpha value is -1.82. The van der Waals surface area contributed by atoms with Gasteiger partial charge in [-0.15, -0.1) is 0 Å². The number of carbonyl (C=O) groups excluding carboxylic acids is 1. The molecule has 0 aliphatic carbocycles. The third-order valence-corrected chi connectivity index (χ3v) is 5.34. The fourth-order valence-corrected chi connectivity index (χ4v) is 2.99. The molecule has 2 atom stereocenters. The van der Waals surface area contributed by atoms with Gasteiger partial charge in [-0.2, -0.15) is 0 Å². The minimum atomic E-state index is -0.595. The van der Waals surface area contributed by atoms with Gasteiger partial charge in [0.1, 0.15) is 5.84 Å². The maximum atomic E-state index is 11.4. The third-order valence-electron chi connectivity index (χ3n) is 4.59. The number of likely N-dealkylation sites (tertiary alicyclic amines) is 1. The van der Waals surface area contributed by atoms with Crippen molar-refractivity contribution in [3.05, 3.63) is 58.7 Å². The first kappa shape index (κ1) is 24.2. The zero-order valence-electron chi connectivity index (χ0n) is 16.7. The normalized spacial score (nSPS) is 19.7. The zero-order valence-corrected chi connectivity index (χ0v) is 18.2. The molecule has 1 amide bonds. The van der Waals surface area contributed by atoms with Crippen LogP contribution in [0.2, 0.25) is 10.0 Å². The first-order valence-electron chi connectivity index (χ1n) is 9.32. The molecule has 0 bridgehead atoms. The van der Waals surface area contributed by atoms with Crippen LogP contribution in [0.5, 0.6) is 0 Å². The smallest absolute Gasteiger partial charge is 0.276 e. The molecule has 0 spiro atoms. The Morgan fingerprint density at radius 2 is 1.82 bits per heavy atom. The molecule has 28 heavy (non-hydrogen) atoms. The molecule has 2 rings (SSSR count). The van der Waals surface area contributed by atoms with Crippen LogP contribution in [0.1, 0.15) is 33.6 Å². The van der Waals surface area contributed by atoms with E-state index in [4.69, 9.17) is 28.4 Å². The van der Waals surface area contributed by atoms with Gasteiger partial charge in [0.2, 0.25) is 0 Å². The molecule has 7 heteroatoms. The van der Waals surface area contributed by atoms with Crippen molar-refractivity contribution >= 4 is 34.9 Å².